The molecule has 0 spiro atoms. The number of piperidine rings is 1. The van der Waals surface area contributed by atoms with Gasteiger partial charge in [-0.25, -0.2) is 8.42 Å². The van der Waals surface area contributed by atoms with E-state index in [0.29, 0.717) is 29.7 Å². The van der Waals surface area contributed by atoms with E-state index in [-0.39, 0.29) is 47.5 Å². The number of carbonyl (C=O) groups is 3. The maximum atomic E-state index is 12.9. The Balaban J connectivity index is 1.34. The number of sulfonamides is 1. The molecule has 1 saturated carbocycles. The van der Waals surface area contributed by atoms with Gasteiger partial charge in [0.1, 0.15) is 0 Å². The highest BCUT2D eigenvalue weighted by molar-refractivity contribution is 7.89. The Kier molecular flexibility index (Phi) is 6.62. The summed E-state index contributed by atoms with van der Waals surface area (Å²) in [7, 11) is -3.69. The first-order chi connectivity index (χ1) is 15.7. The maximum absolute atomic E-state index is 12.9. The number of rotatable bonds is 7. The third-order valence-electron chi connectivity index (χ3n) is 6.03. The van der Waals surface area contributed by atoms with Crippen LogP contribution in [0.15, 0.2) is 53.4 Å². The van der Waals surface area contributed by atoms with Crippen LogP contribution in [0.5, 0.6) is 0 Å². The summed E-state index contributed by atoms with van der Waals surface area (Å²) in [5.41, 5.74) is 1.50. The van der Waals surface area contributed by atoms with Crippen LogP contribution in [0.2, 0.25) is 0 Å². The molecular formula is C24H27N3O5S. The van der Waals surface area contributed by atoms with E-state index in [9.17, 15) is 22.8 Å². The number of ketones is 1. The van der Waals surface area contributed by atoms with Crippen molar-refractivity contribution < 1.29 is 22.8 Å². The van der Waals surface area contributed by atoms with Crippen molar-refractivity contribution in [1.82, 2.24) is 9.62 Å². The molecule has 1 aliphatic carbocycles. The number of carbonyl (C=O) groups excluding carboxylic acids is 3. The molecule has 174 valence electrons. The van der Waals surface area contributed by atoms with Crippen molar-refractivity contribution in [2.45, 2.75) is 43.5 Å². The fraction of sp³-hybridized carbons (Fsp3) is 0.375. The van der Waals surface area contributed by atoms with Gasteiger partial charge < -0.3 is 10.6 Å². The number of Topliss-reactive ketones (excluding diaryl/α,β-unsaturated/α-hetero) is 1. The van der Waals surface area contributed by atoms with E-state index < -0.39 is 10.0 Å². The van der Waals surface area contributed by atoms with Crippen LogP contribution in [0.4, 0.5) is 5.69 Å². The predicted octanol–water partition coefficient (Wildman–Crippen LogP) is 2.82. The summed E-state index contributed by atoms with van der Waals surface area (Å²) in [6, 6.07) is 13.0. The Morgan fingerprint density at radius 2 is 1.58 bits per heavy atom. The van der Waals surface area contributed by atoms with E-state index in [4.69, 9.17) is 0 Å². The molecule has 0 atom stereocenters. The minimum absolute atomic E-state index is 0.125. The van der Waals surface area contributed by atoms with Gasteiger partial charge in [0.2, 0.25) is 15.9 Å². The van der Waals surface area contributed by atoms with E-state index in [1.807, 2.05) is 0 Å². The first-order valence-corrected chi connectivity index (χ1v) is 12.5. The summed E-state index contributed by atoms with van der Waals surface area (Å²) in [4.78, 5) is 36.5. The molecule has 2 aromatic carbocycles. The van der Waals surface area contributed by atoms with Gasteiger partial charge in [0, 0.05) is 41.9 Å². The number of hydrogen-bond donors (Lipinski definition) is 2. The number of amides is 2. The van der Waals surface area contributed by atoms with Crippen molar-refractivity contribution in [1.29, 1.82) is 0 Å². The lowest BCUT2D eigenvalue weighted by Crippen LogP contribution is -2.41. The monoisotopic (exact) mass is 469 g/mol. The molecule has 0 unspecified atom stereocenters. The van der Waals surface area contributed by atoms with Gasteiger partial charge in [-0.05, 0) is 62.9 Å². The highest BCUT2D eigenvalue weighted by Gasteiger charge is 2.32. The molecule has 2 N–H and O–H groups in total. The fourth-order valence-corrected chi connectivity index (χ4v) is 5.32. The molecule has 2 amide bonds. The summed E-state index contributed by atoms with van der Waals surface area (Å²) in [6.07, 6.45) is 2.80. The highest BCUT2D eigenvalue weighted by Crippen LogP contribution is 2.26. The highest BCUT2D eigenvalue weighted by atomic mass is 32.2. The number of nitrogens with zero attached hydrogens (tertiary/aromatic N) is 1. The second kappa shape index (κ2) is 9.44. The Hall–Kier alpha value is -3.04. The summed E-state index contributed by atoms with van der Waals surface area (Å²) < 4.78 is 27.2. The van der Waals surface area contributed by atoms with Gasteiger partial charge in [-0.1, -0.05) is 18.2 Å². The van der Waals surface area contributed by atoms with Crippen LogP contribution in [-0.4, -0.2) is 49.5 Å². The van der Waals surface area contributed by atoms with E-state index in [0.717, 1.165) is 12.8 Å². The van der Waals surface area contributed by atoms with Crippen LogP contribution in [0.25, 0.3) is 0 Å². The summed E-state index contributed by atoms with van der Waals surface area (Å²) in [5, 5.41) is 5.78. The van der Waals surface area contributed by atoms with E-state index in [2.05, 4.69) is 10.6 Å². The lowest BCUT2D eigenvalue weighted by molar-refractivity contribution is -0.120. The number of benzene rings is 2. The summed E-state index contributed by atoms with van der Waals surface area (Å²) in [5.74, 6) is -0.776. The molecule has 8 nitrogen and oxygen atoms in total. The van der Waals surface area contributed by atoms with E-state index in [1.54, 1.807) is 24.3 Å². The minimum Gasteiger partial charge on any atom is -0.349 e. The van der Waals surface area contributed by atoms with Crippen molar-refractivity contribution in [3.05, 3.63) is 59.7 Å². The van der Waals surface area contributed by atoms with Gasteiger partial charge in [-0.15, -0.1) is 0 Å². The molecule has 0 aromatic heterocycles. The maximum Gasteiger partial charge on any atom is 0.251 e. The minimum atomic E-state index is -3.69. The third-order valence-corrected chi connectivity index (χ3v) is 7.94. The molecule has 2 fully saturated rings. The van der Waals surface area contributed by atoms with Crippen molar-refractivity contribution >= 4 is 33.3 Å². The second-order valence-corrected chi connectivity index (χ2v) is 10.5. The lowest BCUT2D eigenvalue weighted by atomic mass is 9.97. The SMILES string of the molecule is CC(=O)c1ccc(S(=O)(=O)N2CCC(C(=O)Nc3cccc(C(=O)NC4CC4)c3)CC2)cc1. The smallest absolute Gasteiger partial charge is 0.251 e. The zero-order chi connectivity index (χ0) is 23.6. The molecular weight excluding hydrogens is 442 g/mol. The molecule has 1 aliphatic heterocycles. The van der Waals surface area contributed by atoms with Crippen molar-refractivity contribution in [3.63, 3.8) is 0 Å². The van der Waals surface area contributed by atoms with Gasteiger partial charge in [0.15, 0.2) is 5.78 Å². The first-order valence-electron chi connectivity index (χ1n) is 11.1. The standard InChI is InChI=1S/C24H27N3O5S/c1-16(28)17-5-9-22(10-6-17)33(31,32)27-13-11-18(12-14-27)23(29)26-21-4-2-3-19(15-21)24(30)25-20-7-8-20/h2-6,9-10,15,18,20H,7-8,11-14H2,1H3,(H,25,30)(H,26,29). The Labute approximate surface area is 193 Å². The normalized spacial score (nSPS) is 17.4. The van der Waals surface area contributed by atoms with Gasteiger partial charge in [0.25, 0.3) is 5.91 Å². The Bertz CT molecular complexity index is 1160. The van der Waals surface area contributed by atoms with E-state index in [1.165, 1.54) is 35.5 Å². The molecule has 0 radical (unpaired) electrons. The zero-order valence-electron chi connectivity index (χ0n) is 18.4. The van der Waals surface area contributed by atoms with Crippen LogP contribution < -0.4 is 10.6 Å². The molecule has 2 aliphatic rings. The number of nitrogens with one attached hydrogen (secondary N) is 2. The number of anilines is 1. The average molecular weight is 470 g/mol. The fourth-order valence-electron chi connectivity index (χ4n) is 3.85. The predicted molar refractivity (Wildman–Crippen MR) is 123 cm³/mol. The molecule has 2 aromatic rings. The molecule has 33 heavy (non-hydrogen) atoms. The largest absolute Gasteiger partial charge is 0.349 e. The van der Waals surface area contributed by atoms with Crippen LogP contribution in [0.3, 0.4) is 0 Å². The Morgan fingerprint density at radius 1 is 0.909 bits per heavy atom. The molecule has 9 heteroatoms. The average Bonchev–Trinajstić information content (AvgIpc) is 3.63. The lowest BCUT2D eigenvalue weighted by Gasteiger charge is -2.30. The summed E-state index contributed by atoms with van der Waals surface area (Å²) >= 11 is 0. The molecule has 1 heterocycles. The summed E-state index contributed by atoms with van der Waals surface area (Å²) in [6.45, 7) is 1.90. The molecule has 1 saturated heterocycles. The second-order valence-electron chi connectivity index (χ2n) is 8.58. The molecule has 0 bridgehead atoms. The van der Waals surface area contributed by atoms with E-state index >= 15 is 0 Å². The van der Waals surface area contributed by atoms with Crippen LogP contribution in [0.1, 0.15) is 53.3 Å². The Morgan fingerprint density at radius 3 is 2.18 bits per heavy atom. The zero-order valence-corrected chi connectivity index (χ0v) is 19.2. The quantitative estimate of drug-likeness (QED) is 0.606. The van der Waals surface area contributed by atoms with Crippen molar-refractivity contribution in [3.8, 4) is 0 Å². The topological polar surface area (TPSA) is 113 Å². The van der Waals surface area contributed by atoms with Crippen LogP contribution in [0, 0.1) is 5.92 Å². The third kappa shape index (κ3) is 5.48. The van der Waals surface area contributed by atoms with Gasteiger partial charge in [0.05, 0.1) is 4.90 Å². The molecule has 4 rings (SSSR count). The van der Waals surface area contributed by atoms with Gasteiger partial charge >= 0.3 is 0 Å². The first kappa shape index (κ1) is 23.1. The van der Waals surface area contributed by atoms with Crippen molar-refractivity contribution in [2.24, 2.45) is 5.92 Å². The van der Waals surface area contributed by atoms with Gasteiger partial charge in [-0.3, -0.25) is 14.4 Å². The van der Waals surface area contributed by atoms with Gasteiger partial charge in [-0.2, -0.15) is 4.31 Å². The number of hydrogen-bond acceptors (Lipinski definition) is 5. The van der Waals surface area contributed by atoms with Crippen LogP contribution >= 0.6 is 0 Å². The van der Waals surface area contributed by atoms with Crippen LogP contribution in [-0.2, 0) is 14.8 Å². The van der Waals surface area contributed by atoms with Crippen molar-refractivity contribution in [2.75, 3.05) is 18.4 Å².